The van der Waals surface area contributed by atoms with Crippen LogP contribution >= 0.6 is 0 Å². The summed E-state index contributed by atoms with van der Waals surface area (Å²) in [5.74, 6) is -0.178. The van der Waals surface area contributed by atoms with Gasteiger partial charge in [-0.05, 0) is 24.8 Å². The minimum Gasteiger partial charge on any atom is -0.289 e. The van der Waals surface area contributed by atoms with Crippen molar-refractivity contribution in [1.29, 1.82) is 0 Å². The van der Waals surface area contributed by atoms with Gasteiger partial charge in [-0.25, -0.2) is 9.99 Å². The Bertz CT molecular complexity index is 870. The molecule has 1 aromatic carbocycles. The van der Waals surface area contributed by atoms with E-state index in [2.05, 4.69) is 10.1 Å². The highest BCUT2D eigenvalue weighted by atomic mass is 16.2. The van der Waals surface area contributed by atoms with Gasteiger partial charge in [0.25, 0.3) is 11.5 Å². The third kappa shape index (κ3) is 2.64. The third-order valence-electron chi connectivity index (χ3n) is 4.56. The van der Waals surface area contributed by atoms with Crippen LogP contribution in [0.3, 0.4) is 0 Å². The van der Waals surface area contributed by atoms with Crippen LogP contribution in [0.5, 0.6) is 0 Å². The van der Waals surface area contributed by atoms with E-state index in [0.29, 0.717) is 6.54 Å². The predicted octanol–water partition coefficient (Wildman–Crippen LogP) is 1.37. The van der Waals surface area contributed by atoms with Crippen LogP contribution in [0.15, 0.2) is 46.6 Å². The zero-order chi connectivity index (χ0) is 16.5. The molecule has 0 N–H and O–H groups in total. The topological polar surface area (TPSA) is 67.6 Å². The summed E-state index contributed by atoms with van der Waals surface area (Å²) in [6.07, 6.45) is 4.80. The SMILES string of the molecule is O=C(Cn1cnc2c(c1=O)CCC2)N1CCC(c2ccccc2)=N1. The zero-order valence-corrected chi connectivity index (χ0v) is 13.3. The van der Waals surface area contributed by atoms with Crippen LogP contribution in [-0.2, 0) is 24.2 Å². The molecule has 122 valence electrons. The summed E-state index contributed by atoms with van der Waals surface area (Å²) in [6.45, 7) is 0.543. The summed E-state index contributed by atoms with van der Waals surface area (Å²) in [7, 11) is 0. The Morgan fingerprint density at radius 2 is 1.96 bits per heavy atom. The Morgan fingerprint density at radius 1 is 1.12 bits per heavy atom. The summed E-state index contributed by atoms with van der Waals surface area (Å²) in [6, 6.07) is 9.84. The summed E-state index contributed by atoms with van der Waals surface area (Å²) >= 11 is 0. The zero-order valence-electron chi connectivity index (χ0n) is 13.3. The molecule has 2 aromatic rings. The number of rotatable bonds is 3. The molecule has 0 bridgehead atoms. The summed E-state index contributed by atoms with van der Waals surface area (Å²) in [5, 5.41) is 5.88. The Morgan fingerprint density at radius 3 is 2.79 bits per heavy atom. The molecular weight excluding hydrogens is 304 g/mol. The van der Waals surface area contributed by atoms with Crippen molar-refractivity contribution in [2.24, 2.45) is 5.10 Å². The van der Waals surface area contributed by atoms with Gasteiger partial charge < -0.3 is 0 Å². The van der Waals surface area contributed by atoms with Gasteiger partial charge in [-0.3, -0.25) is 14.2 Å². The van der Waals surface area contributed by atoms with Crippen LogP contribution in [0.4, 0.5) is 0 Å². The minimum absolute atomic E-state index is 0.00924. The first-order valence-corrected chi connectivity index (χ1v) is 8.23. The van der Waals surface area contributed by atoms with Crippen molar-refractivity contribution in [3.8, 4) is 0 Å². The van der Waals surface area contributed by atoms with E-state index in [-0.39, 0.29) is 18.0 Å². The number of amides is 1. The highest BCUT2D eigenvalue weighted by Crippen LogP contribution is 2.16. The van der Waals surface area contributed by atoms with E-state index < -0.39 is 0 Å². The summed E-state index contributed by atoms with van der Waals surface area (Å²) < 4.78 is 1.41. The standard InChI is InChI=1S/C18H18N4O2/c23-17(11-21-12-19-16-8-4-7-14(16)18(21)24)22-10-9-15(20-22)13-5-2-1-3-6-13/h1-3,5-6,12H,4,7-11H2. The second-order valence-electron chi connectivity index (χ2n) is 6.14. The number of carbonyl (C=O) groups is 1. The lowest BCUT2D eigenvalue weighted by molar-refractivity contribution is -0.131. The minimum atomic E-state index is -0.178. The highest BCUT2D eigenvalue weighted by molar-refractivity contribution is 6.02. The molecule has 2 aliphatic rings. The lowest BCUT2D eigenvalue weighted by Crippen LogP contribution is -2.33. The molecule has 0 saturated carbocycles. The monoisotopic (exact) mass is 322 g/mol. The number of benzene rings is 1. The average Bonchev–Trinajstić information content (AvgIpc) is 3.27. The van der Waals surface area contributed by atoms with E-state index in [9.17, 15) is 9.59 Å². The third-order valence-corrected chi connectivity index (χ3v) is 4.56. The molecule has 24 heavy (non-hydrogen) atoms. The largest absolute Gasteiger partial charge is 0.289 e. The first-order chi connectivity index (χ1) is 11.7. The molecule has 0 saturated heterocycles. The van der Waals surface area contributed by atoms with Crippen LogP contribution < -0.4 is 5.56 Å². The van der Waals surface area contributed by atoms with E-state index >= 15 is 0 Å². The van der Waals surface area contributed by atoms with Gasteiger partial charge in [-0.2, -0.15) is 5.10 Å². The van der Waals surface area contributed by atoms with Gasteiger partial charge in [0.2, 0.25) is 0 Å². The van der Waals surface area contributed by atoms with Gasteiger partial charge in [0.05, 0.1) is 24.3 Å². The molecule has 0 fully saturated rings. The van der Waals surface area contributed by atoms with Crippen molar-refractivity contribution in [1.82, 2.24) is 14.6 Å². The lowest BCUT2D eigenvalue weighted by atomic mass is 10.1. The van der Waals surface area contributed by atoms with Gasteiger partial charge >= 0.3 is 0 Å². The van der Waals surface area contributed by atoms with Crippen LogP contribution in [0, 0.1) is 0 Å². The van der Waals surface area contributed by atoms with E-state index in [0.717, 1.165) is 48.2 Å². The van der Waals surface area contributed by atoms with Gasteiger partial charge in [0.1, 0.15) is 6.54 Å². The quantitative estimate of drug-likeness (QED) is 0.857. The lowest BCUT2D eigenvalue weighted by Gasteiger charge is -2.13. The first-order valence-electron chi connectivity index (χ1n) is 8.23. The van der Waals surface area contributed by atoms with Gasteiger partial charge in [-0.1, -0.05) is 30.3 Å². The van der Waals surface area contributed by atoms with Crippen molar-refractivity contribution in [3.63, 3.8) is 0 Å². The summed E-state index contributed by atoms with van der Waals surface area (Å²) in [4.78, 5) is 29.2. The molecule has 0 radical (unpaired) electrons. The molecule has 1 aliphatic heterocycles. The van der Waals surface area contributed by atoms with Crippen molar-refractivity contribution < 1.29 is 4.79 Å². The Hall–Kier alpha value is -2.76. The molecule has 1 aromatic heterocycles. The molecule has 1 amide bonds. The molecule has 0 unspecified atom stereocenters. The van der Waals surface area contributed by atoms with Crippen LogP contribution in [0.2, 0.25) is 0 Å². The fraction of sp³-hybridized carbons (Fsp3) is 0.333. The Labute approximate surface area is 139 Å². The fourth-order valence-electron chi connectivity index (χ4n) is 3.28. The highest BCUT2D eigenvalue weighted by Gasteiger charge is 2.23. The normalized spacial score (nSPS) is 16.2. The molecule has 1 aliphatic carbocycles. The molecule has 0 spiro atoms. The average molecular weight is 322 g/mol. The number of aryl methyl sites for hydroxylation is 1. The maximum atomic E-state index is 12.5. The van der Waals surface area contributed by atoms with Crippen molar-refractivity contribution in [2.75, 3.05) is 6.54 Å². The molecule has 0 atom stereocenters. The number of fused-ring (bicyclic) bond motifs is 1. The van der Waals surface area contributed by atoms with E-state index in [4.69, 9.17) is 0 Å². The van der Waals surface area contributed by atoms with Gasteiger partial charge in [0.15, 0.2) is 0 Å². The molecule has 2 heterocycles. The van der Waals surface area contributed by atoms with E-state index in [1.807, 2.05) is 30.3 Å². The summed E-state index contributed by atoms with van der Waals surface area (Å²) in [5.41, 5.74) is 3.50. The fourth-order valence-corrected chi connectivity index (χ4v) is 3.28. The van der Waals surface area contributed by atoms with Crippen LogP contribution in [-0.4, -0.2) is 32.7 Å². The van der Waals surface area contributed by atoms with Crippen molar-refractivity contribution in [3.05, 3.63) is 63.8 Å². The number of aromatic nitrogens is 2. The maximum absolute atomic E-state index is 12.5. The second-order valence-corrected chi connectivity index (χ2v) is 6.14. The van der Waals surface area contributed by atoms with Crippen LogP contribution in [0.1, 0.15) is 29.7 Å². The predicted molar refractivity (Wildman–Crippen MR) is 89.8 cm³/mol. The number of hydrogen-bond acceptors (Lipinski definition) is 4. The van der Waals surface area contributed by atoms with Gasteiger partial charge in [0, 0.05) is 12.0 Å². The van der Waals surface area contributed by atoms with E-state index in [1.165, 1.54) is 15.9 Å². The second kappa shape index (κ2) is 6.03. The Balaban J connectivity index is 1.52. The van der Waals surface area contributed by atoms with Gasteiger partial charge in [-0.15, -0.1) is 0 Å². The Kier molecular flexibility index (Phi) is 3.72. The van der Waals surface area contributed by atoms with E-state index in [1.54, 1.807) is 0 Å². The molecule has 4 rings (SSSR count). The number of carbonyl (C=O) groups excluding carboxylic acids is 1. The van der Waals surface area contributed by atoms with Crippen molar-refractivity contribution >= 4 is 11.6 Å². The van der Waals surface area contributed by atoms with Crippen molar-refractivity contribution in [2.45, 2.75) is 32.2 Å². The molecule has 6 heteroatoms. The number of hydrazone groups is 1. The smallest absolute Gasteiger partial charge is 0.262 e. The van der Waals surface area contributed by atoms with Crippen LogP contribution in [0.25, 0.3) is 0 Å². The molecule has 6 nitrogen and oxygen atoms in total. The number of nitrogens with zero attached hydrogens (tertiary/aromatic N) is 4. The molecular formula is C18H18N4O2. The maximum Gasteiger partial charge on any atom is 0.262 e. The number of hydrogen-bond donors (Lipinski definition) is 0. The first kappa shape index (κ1) is 14.8.